The normalized spacial score (nSPS) is 12.4. The van der Waals surface area contributed by atoms with Gasteiger partial charge in [0.25, 0.3) is 0 Å². The minimum atomic E-state index is 0. The first-order valence-electron chi connectivity index (χ1n) is 5.21. The van der Waals surface area contributed by atoms with E-state index < -0.39 is 0 Å². The fraction of sp³-hybridized carbons (Fsp3) is 0.500. The van der Waals surface area contributed by atoms with Crippen LogP contribution in [0.3, 0.4) is 0 Å². The van der Waals surface area contributed by atoms with Crippen LogP contribution in [0.5, 0.6) is 0 Å². The number of hydrogen-bond acceptors (Lipinski definition) is 1. The van der Waals surface area contributed by atoms with Crippen LogP contribution in [0.15, 0.2) is 22.7 Å². The van der Waals surface area contributed by atoms with Crippen molar-refractivity contribution in [3.63, 3.8) is 0 Å². The SMILES string of the molecule is CC(C)CC[C@@H](N)c1ccc(Cl)c(Br)c1.Cl. The molecule has 0 fully saturated rings. The summed E-state index contributed by atoms with van der Waals surface area (Å²) < 4.78 is 0.918. The van der Waals surface area contributed by atoms with Gasteiger partial charge in [0, 0.05) is 10.5 Å². The first-order valence-corrected chi connectivity index (χ1v) is 6.38. The molecule has 92 valence electrons. The lowest BCUT2D eigenvalue weighted by molar-refractivity contribution is 0.507. The van der Waals surface area contributed by atoms with Gasteiger partial charge in [-0.2, -0.15) is 0 Å². The van der Waals surface area contributed by atoms with Gasteiger partial charge in [-0.3, -0.25) is 0 Å². The van der Waals surface area contributed by atoms with Crippen LogP contribution in [0.4, 0.5) is 0 Å². The molecule has 2 N–H and O–H groups in total. The molecule has 0 aliphatic rings. The zero-order chi connectivity index (χ0) is 11.4. The van der Waals surface area contributed by atoms with Crippen molar-refractivity contribution in [1.29, 1.82) is 0 Å². The van der Waals surface area contributed by atoms with Crippen LogP contribution in [0, 0.1) is 5.92 Å². The van der Waals surface area contributed by atoms with Gasteiger partial charge >= 0.3 is 0 Å². The Balaban J connectivity index is 0.00000225. The molecule has 4 heteroatoms. The standard InChI is InChI=1S/C12H17BrClN.ClH/c1-8(2)3-6-12(15)9-4-5-11(14)10(13)7-9;/h4-5,7-8,12H,3,6,15H2,1-2H3;1H/t12-;/m1./s1. The summed E-state index contributed by atoms with van der Waals surface area (Å²) in [5.74, 6) is 0.701. The van der Waals surface area contributed by atoms with Gasteiger partial charge in [-0.1, -0.05) is 31.5 Å². The van der Waals surface area contributed by atoms with Crippen molar-refractivity contribution in [2.75, 3.05) is 0 Å². The Bertz CT molecular complexity index is 329. The maximum absolute atomic E-state index is 6.10. The monoisotopic (exact) mass is 325 g/mol. The number of nitrogens with two attached hydrogens (primary N) is 1. The third-order valence-electron chi connectivity index (χ3n) is 2.43. The predicted molar refractivity (Wildman–Crippen MR) is 77.4 cm³/mol. The van der Waals surface area contributed by atoms with Gasteiger partial charge in [0.1, 0.15) is 0 Å². The summed E-state index contributed by atoms with van der Waals surface area (Å²) in [6.45, 7) is 4.43. The summed E-state index contributed by atoms with van der Waals surface area (Å²) in [4.78, 5) is 0. The molecular weight excluding hydrogens is 309 g/mol. The van der Waals surface area contributed by atoms with Crippen molar-refractivity contribution in [2.24, 2.45) is 11.7 Å². The van der Waals surface area contributed by atoms with Crippen molar-refractivity contribution in [1.82, 2.24) is 0 Å². The Morgan fingerprint density at radius 1 is 1.31 bits per heavy atom. The molecule has 0 saturated heterocycles. The fourth-order valence-electron chi connectivity index (χ4n) is 1.42. The molecule has 1 aromatic rings. The molecule has 0 spiro atoms. The zero-order valence-electron chi connectivity index (χ0n) is 9.54. The Labute approximate surface area is 117 Å². The summed E-state index contributed by atoms with van der Waals surface area (Å²) in [6.07, 6.45) is 2.17. The van der Waals surface area contributed by atoms with E-state index in [0.29, 0.717) is 5.92 Å². The van der Waals surface area contributed by atoms with Crippen LogP contribution in [0.25, 0.3) is 0 Å². The Morgan fingerprint density at radius 2 is 1.94 bits per heavy atom. The van der Waals surface area contributed by atoms with Gasteiger partial charge in [-0.05, 0) is 52.4 Å². The first-order chi connectivity index (χ1) is 7.00. The molecule has 0 saturated carbocycles. The average molecular weight is 327 g/mol. The van der Waals surface area contributed by atoms with Gasteiger partial charge in [-0.25, -0.2) is 0 Å². The highest BCUT2D eigenvalue weighted by Gasteiger charge is 2.08. The number of rotatable bonds is 4. The van der Waals surface area contributed by atoms with E-state index in [9.17, 15) is 0 Å². The second-order valence-corrected chi connectivity index (χ2v) is 5.51. The second-order valence-electron chi connectivity index (χ2n) is 4.25. The van der Waals surface area contributed by atoms with Gasteiger partial charge in [0.15, 0.2) is 0 Å². The van der Waals surface area contributed by atoms with E-state index in [2.05, 4.69) is 29.8 Å². The average Bonchev–Trinajstić information content (AvgIpc) is 2.18. The van der Waals surface area contributed by atoms with Crippen LogP contribution in [0.1, 0.15) is 38.3 Å². The lowest BCUT2D eigenvalue weighted by Crippen LogP contribution is -2.11. The summed E-state index contributed by atoms with van der Waals surface area (Å²) in [5.41, 5.74) is 7.24. The van der Waals surface area contributed by atoms with Crippen LogP contribution in [-0.4, -0.2) is 0 Å². The quantitative estimate of drug-likeness (QED) is 0.831. The topological polar surface area (TPSA) is 26.0 Å². The molecule has 1 rings (SSSR count). The van der Waals surface area contributed by atoms with E-state index in [-0.39, 0.29) is 18.4 Å². The molecule has 0 aliphatic heterocycles. The molecule has 16 heavy (non-hydrogen) atoms. The Kier molecular flexibility index (Phi) is 7.66. The molecule has 0 unspecified atom stereocenters. The molecule has 0 amide bonds. The molecule has 0 heterocycles. The third kappa shape index (κ3) is 5.05. The maximum atomic E-state index is 6.10. The lowest BCUT2D eigenvalue weighted by atomic mass is 9.98. The number of benzene rings is 1. The van der Waals surface area contributed by atoms with Crippen molar-refractivity contribution in [2.45, 2.75) is 32.7 Å². The number of hydrogen-bond donors (Lipinski definition) is 1. The summed E-state index contributed by atoms with van der Waals surface area (Å²) in [7, 11) is 0. The summed E-state index contributed by atoms with van der Waals surface area (Å²) in [6, 6.07) is 6.00. The van der Waals surface area contributed by atoms with E-state index in [0.717, 1.165) is 27.9 Å². The second kappa shape index (κ2) is 7.54. The van der Waals surface area contributed by atoms with Gasteiger partial charge < -0.3 is 5.73 Å². The van der Waals surface area contributed by atoms with Crippen LogP contribution >= 0.6 is 39.9 Å². The molecule has 1 aromatic carbocycles. The Hall–Kier alpha value is 0.240. The van der Waals surface area contributed by atoms with Crippen LogP contribution < -0.4 is 5.73 Å². The van der Waals surface area contributed by atoms with Crippen LogP contribution in [0.2, 0.25) is 5.02 Å². The van der Waals surface area contributed by atoms with E-state index in [4.69, 9.17) is 17.3 Å². The van der Waals surface area contributed by atoms with Crippen molar-refractivity contribution in [3.8, 4) is 0 Å². The van der Waals surface area contributed by atoms with E-state index in [1.165, 1.54) is 0 Å². The van der Waals surface area contributed by atoms with Gasteiger partial charge in [0.2, 0.25) is 0 Å². The van der Waals surface area contributed by atoms with Gasteiger partial charge in [-0.15, -0.1) is 12.4 Å². The smallest absolute Gasteiger partial charge is 0.0548 e. The highest BCUT2D eigenvalue weighted by molar-refractivity contribution is 9.10. The van der Waals surface area contributed by atoms with Crippen molar-refractivity contribution in [3.05, 3.63) is 33.3 Å². The van der Waals surface area contributed by atoms with Crippen molar-refractivity contribution >= 4 is 39.9 Å². The molecule has 1 atom stereocenters. The fourth-order valence-corrected chi connectivity index (χ4v) is 1.94. The minimum absolute atomic E-state index is 0. The maximum Gasteiger partial charge on any atom is 0.0548 e. The third-order valence-corrected chi connectivity index (χ3v) is 3.64. The first kappa shape index (κ1) is 16.2. The zero-order valence-corrected chi connectivity index (χ0v) is 12.7. The summed E-state index contributed by atoms with van der Waals surface area (Å²) >= 11 is 9.33. The van der Waals surface area contributed by atoms with E-state index in [1.54, 1.807) is 0 Å². The van der Waals surface area contributed by atoms with E-state index >= 15 is 0 Å². The minimum Gasteiger partial charge on any atom is -0.324 e. The molecule has 1 nitrogen and oxygen atoms in total. The summed E-state index contributed by atoms with van der Waals surface area (Å²) in [5, 5.41) is 0.731. The highest BCUT2D eigenvalue weighted by Crippen LogP contribution is 2.27. The molecule has 0 aromatic heterocycles. The molecule has 0 radical (unpaired) electrons. The van der Waals surface area contributed by atoms with Crippen LogP contribution in [-0.2, 0) is 0 Å². The molecule has 0 bridgehead atoms. The molecular formula is C12H18BrCl2N. The Morgan fingerprint density at radius 3 is 2.44 bits per heavy atom. The van der Waals surface area contributed by atoms with E-state index in [1.807, 2.05) is 18.2 Å². The largest absolute Gasteiger partial charge is 0.324 e. The number of halogens is 3. The predicted octanol–water partition coefficient (Wildman–Crippen LogP) is 4.96. The van der Waals surface area contributed by atoms with Crippen molar-refractivity contribution < 1.29 is 0 Å². The van der Waals surface area contributed by atoms with Gasteiger partial charge in [0.05, 0.1) is 5.02 Å². The highest BCUT2D eigenvalue weighted by atomic mass is 79.9. The molecule has 0 aliphatic carbocycles. The lowest BCUT2D eigenvalue weighted by Gasteiger charge is -2.14.